The Kier molecular flexibility index (Phi) is 5.56. The van der Waals surface area contributed by atoms with Crippen LogP contribution in [-0.2, 0) is 13.1 Å². The summed E-state index contributed by atoms with van der Waals surface area (Å²) < 4.78 is 10.8. The van der Waals surface area contributed by atoms with E-state index in [4.69, 9.17) is 21.1 Å². The van der Waals surface area contributed by atoms with Crippen LogP contribution in [0.3, 0.4) is 0 Å². The van der Waals surface area contributed by atoms with Gasteiger partial charge in [-0.05, 0) is 37.9 Å². The summed E-state index contributed by atoms with van der Waals surface area (Å²) in [4.78, 5) is 8.95. The Morgan fingerprint density at radius 1 is 1.08 bits per heavy atom. The van der Waals surface area contributed by atoms with Gasteiger partial charge in [0.25, 0.3) is 0 Å². The third-order valence-corrected chi connectivity index (χ3v) is 4.26. The maximum atomic E-state index is 6.43. The first-order valence-corrected chi connectivity index (χ1v) is 8.34. The molecule has 0 fully saturated rings. The number of likely N-dealkylation sites (N-methyl/N-ethyl adjacent to an activating group) is 1. The smallest absolute Gasteiger partial charge is 0.231 e. The summed E-state index contributed by atoms with van der Waals surface area (Å²) in [5, 5.41) is 0.704. The average molecular weight is 348 g/mol. The van der Waals surface area contributed by atoms with E-state index in [9.17, 15) is 0 Å². The van der Waals surface area contributed by atoms with E-state index >= 15 is 0 Å². The van der Waals surface area contributed by atoms with Gasteiger partial charge >= 0.3 is 0 Å². The van der Waals surface area contributed by atoms with Gasteiger partial charge in [0.15, 0.2) is 11.5 Å². The fourth-order valence-electron chi connectivity index (χ4n) is 2.60. The van der Waals surface area contributed by atoms with Gasteiger partial charge in [-0.25, -0.2) is 0 Å². The molecule has 128 valence electrons. The van der Waals surface area contributed by atoms with Crippen molar-refractivity contribution in [2.24, 2.45) is 0 Å². The van der Waals surface area contributed by atoms with Crippen LogP contribution in [0.2, 0.25) is 5.02 Å². The van der Waals surface area contributed by atoms with E-state index in [2.05, 4.69) is 28.9 Å². The highest BCUT2D eigenvalue weighted by Gasteiger charge is 2.18. The lowest BCUT2D eigenvalue weighted by atomic mass is 10.1. The summed E-state index contributed by atoms with van der Waals surface area (Å²) >= 11 is 6.43. The Bertz CT molecular complexity index is 679. The molecule has 6 heteroatoms. The highest BCUT2D eigenvalue weighted by molar-refractivity contribution is 6.31. The van der Waals surface area contributed by atoms with Gasteiger partial charge in [0.1, 0.15) is 0 Å². The van der Waals surface area contributed by atoms with Gasteiger partial charge < -0.3 is 14.4 Å². The van der Waals surface area contributed by atoms with Crippen LogP contribution in [0, 0.1) is 0 Å². The molecule has 0 radical (unpaired) electrons. The van der Waals surface area contributed by atoms with E-state index in [0.29, 0.717) is 10.8 Å². The van der Waals surface area contributed by atoms with Crippen molar-refractivity contribution in [1.82, 2.24) is 14.8 Å². The van der Waals surface area contributed by atoms with Crippen molar-refractivity contribution in [2.75, 3.05) is 34.0 Å². The summed E-state index contributed by atoms with van der Waals surface area (Å²) in [6.45, 7) is 3.66. The zero-order valence-corrected chi connectivity index (χ0v) is 14.8. The van der Waals surface area contributed by atoms with Crippen LogP contribution in [0.15, 0.2) is 36.5 Å². The molecule has 24 heavy (non-hydrogen) atoms. The van der Waals surface area contributed by atoms with Gasteiger partial charge in [0.2, 0.25) is 6.79 Å². The minimum absolute atomic E-state index is 0.257. The first-order chi connectivity index (χ1) is 11.6. The third kappa shape index (κ3) is 4.38. The average Bonchev–Trinajstić information content (AvgIpc) is 3.01. The number of nitrogens with zero attached hydrogens (tertiary/aromatic N) is 3. The minimum Gasteiger partial charge on any atom is -0.454 e. The maximum absolute atomic E-state index is 6.43. The molecule has 0 saturated carbocycles. The molecule has 0 spiro atoms. The largest absolute Gasteiger partial charge is 0.454 e. The van der Waals surface area contributed by atoms with Crippen LogP contribution in [0.25, 0.3) is 0 Å². The van der Waals surface area contributed by atoms with Crippen molar-refractivity contribution in [2.45, 2.75) is 13.1 Å². The molecule has 0 saturated heterocycles. The minimum atomic E-state index is 0.257. The quantitative estimate of drug-likeness (QED) is 0.769. The summed E-state index contributed by atoms with van der Waals surface area (Å²) in [5.74, 6) is 1.48. The molecule has 1 aromatic heterocycles. The molecule has 1 aliphatic heterocycles. The molecule has 0 unspecified atom stereocenters. The number of pyridine rings is 1. The molecule has 0 N–H and O–H groups in total. The van der Waals surface area contributed by atoms with Gasteiger partial charge in [-0.1, -0.05) is 17.7 Å². The Balaban J connectivity index is 1.75. The van der Waals surface area contributed by atoms with Crippen molar-refractivity contribution in [3.05, 3.63) is 52.8 Å². The molecule has 0 atom stereocenters. The molecular weight excluding hydrogens is 326 g/mol. The van der Waals surface area contributed by atoms with Crippen LogP contribution in [0.5, 0.6) is 11.5 Å². The molecule has 5 nitrogen and oxygen atoms in total. The number of hydrogen-bond donors (Lipinski definition) is 0. The fraction of sp³-hybridized carbons (Fsp3) is 0.389. The number of ether oxygens (including phenoxy) is 2. The highest BCUT2D eigenvalue weighted by Crippen LogP contribution is 2.37. The molecule has 2 heterocycles. The Hall–Kier alpha value is -1.82. The van der Waals surface area contributed by atoms with Crippen molar-refractivity contribution < 1.29 is 9.47 Å². The van der Waals surface area contributed by atoms with E-state index in [1.165, 1.54) is 0 Å². The van der Waals surface area contributed by atoms with E-state index in [1.807, 2.05) is 36.5 Å². The Labute approximate surface area is 147 Å². The van der Waals surface area contributed by atoms with Gasteiger partial charge in [-0.15, -0.1) is 0 Å². The summed E-state index contributed by atoms with van der Waals surface area (Å²) in [5.41, 5.74) is 2.09. The Morgan fingerprint density at radius 3 is 2.58 bits per heavy atom. The number of fused-ring (bicyclic) bond motifs is 1. The molecule has 0 aliphatic carbocycles. The Morgan fingerprint density at radius 2 is 1.88 bits per heavy atom. The van der Waals surface area contributed by atoms with Crippen LogP contribution < -0.4 is 9.47 Å². The van der Waals surface area contributed by atoms with Gasteiger partial charge in [0.05, 0.1) is 5.69 Å². The summed E-state index contributed by atoms with van der Waals surface area (Å²) in [7, 11) is 4.15. The topological polar surface area (TPSA) is 37.8 Å². The first kappa shape index (κ1) is 17.0. The molecule has 0 amide bonds. The van der Waals surface area contributed by atoms with Crippen LogP contribution in [-0.4, -0.2) is 48.8 Å². The normalized spacial score (nSPS) is 13.0. The monoisotopic (exact) mass is 347 g/mol. The number of halogens is 1. The number of hydrogen-bond acceptors (Lipinski definition) is 5. The molecule has 1 aromatic carbocycles. The van der Waals surface area contributed by atoms with Crippen molar-refractivity contribution in [3.8, 4) is 11.5 Å². The molecular formula is C18H22ClN3O2. The van der Waals surface area contributed by atoms with Crippen LogP contribution in [0.4, 0.5) is 0 Å². The molecule has 3 rings (SSSR count). The maximum Gasteiger partial charge on any atom is 0.231 e. The van der Waals surface area contributed by atoms with E-state index in [0.717, 1.165) is 43.2 Å². The highest BCUT2D eigenvalue weighted by atomic mass is 35.5. The van der Waals surface area contributed by atoms with Crippen molar-refractivity contribution in [3.63, 3.8) is 0 Å². The second-order valence-electron chi connectivity index (χ2n) is 6.13. The number of aromatic nitrogens is 1. The lowest BCUT2D eigenvalue weighted by molar-refractivity contribution is 0.174. The lowest BCUT2D eigenvalue weighted by Gasteiger charge is -2.24. The standard InChI is InChI=1S/C18H22ClN3O2/c1-21(2)7-8-22(12-15-5-3-4-6-20-15)11-14-9-17-18(10-16(14)19)24-13-23-17/h3-6,9-10H,7-8,11-13H2,1-2H3. The van der Waals surface area contributed by atoms with Crippen molar-refractivity contribution in [1.29, 1.82) is 0 Å². The predicted octanol–water partition coefficient (Wildman–Crippen LogP) is 3.03. The molecule has 0 bridgehead atoms. The van der Waals surface area contributed by atoms with Gasteiger partial charge in [-0.2, -0.15) is 0 Å². The third-order valence-electron chi connectivity index (χ3n) is 3.91. The number of benzene rings is 1. The summed E-state index contributed by atoms with van der Waals surface area (Å²) in [6, 6.07) is 9.81. The zero-order valence-electron chi connectivity index (χ0n) is 14.0. The van der Waals surface area contributed by atoms with Gasteiger partial charge in [0, 0.05) is 43.5 Å². The fourth-order valence-corrected chi connectivity index (χ4v) is 2.81. The van der Waals surface area contributed by atoms with Gasteiger partial charge in [-0.3, -0.25) is 9.88 Å². The SMILES string of the molecule is CN(C)CCN(Cc1ccccn1)Cc1cc2c(cc1Cl)OCO2. The molecule has 2 aromatic rings. The van der Waals surface area contributed by atoms with Crippen LogP contribution in [0.1, 0.15) is 11.3 Å². The van der Waals surface area contributed by atoms with E-state index in [-0.39, 0.29) is 6.79 Å². The lowest BCUT2D eigenvalue weighted by Crippen LogP contribution is -2.31. The predicted molar refractivity (Wildman–Crippen MR) is 94.5 cm³/mol. The number of rotatable bonds is 7. The first-order valence-electron chi connectivity index (χ1n) is 7.97. The second-order valence-corrected chi connectivity index (χ2v) is 6.54. The van der Waals surface area contributed by atoms with E-state index in [1.54, 1.807) is 0 Å². The zero-order chi connectivity index (χ0) is 16.9. The second kappa shape index (κ2) is 7.83. The molecule has 1 aliphatic rings. The summed E-state index contributed by atoms with van der Waals surface area (Å²) in [6.07, 6.45) is 1.83. The van der Waals surface area contributed by atoms with E-state index < -0.39 is 0 Å². The van der Waals surface area contributed by atoms with Crippen LogP contribution >= 0.6 is 11.6 Å². The van der Waals surface area contributed by atoms with Crippen molar-refractivity contribution >= 4 is 11.6 Å².